The lowest BCUT2D eigenvalue weighted by Gasteiger charge is -2.27. The third-order valence-electron chi connectivity index (χ3n) is 6.70. The number of benzene rings is 1. The molecule has 1 aliphatic heterocycles. The number of rotatable bonds is 6. The van der Waals surface area contributed by atoms with Gasteiger partial charge < -0.3 is 19.2 Å². The van der Waals surface area contributed by atoms with E-state index in [-0.39, 0.29) is 0 Å². The van der Waals surface area contributed by atoms with Gasteiger partial charge in [-0.15, -0.1) is 0 Å². The molecule has 2 fully saturated rings. The van der Waals surface area contributed by atoms with Crippen LogP contribution in [0.2, 0.25) is 0 Å². The highest BCUT2D eigenvalue weighted by molar-refractivity contribution is 5.81. The van der Waals surface area contributed by atoms with Gasteiger partial charge in [-0.25, -0.2) is 9.97 Å². The van der Waals surface area contributed by atoms with E-state index in [0.717, 1.165) is 67.0 Å². The minimum atomic E-state index is 0.426. The molecule has 5 rings (SSSR count). The van der Waals surface area contributed by atoms with Crippen LogP contribution in [0.3, 0.4) is 0 Å². The van der Waals surface area contributed by atoms with Crippen molar-refractivity contribution in [1.82, 2.24) is 15.0 Å². The van der Waals surface area contributed by atoms with E-state index >= 15 is 0 Å². The molecule has 1 aromatic carbocycles. The van der Waals surface area contributed by atoms with E-state index in [1.165, 1.54) is 12.8 Å². The lowest BCUT2D eigenvalue weighted by molar-refractivity contribution is 0.0491. The van der Waals surface area contributed by atoms with Crippen molar-refractivity contribution >= 4 is 17.0 Å². The van der Waals surface area contributed by atoms with Gasteiger partial charge in [0.1, 0.15) is 5.52 Å². The molecule has 1 saturated heterocycles. The van der Waals surface area contributed by atoms with Crippen molar-refractivity contribution in [3.05, 3.63) is 30.3 Å². The smallest absolute Gasteiger partial charge is 0.226 e. The van der Waals surface area contributed by atoms with Gasteiger partial charge in [0.15, 0.2) is 11.5 Å². The average molecular weight is 437 g/mol. The summed E-state index contributed by atoms with van der Waals surface area (Å²) >= 11 is 0. The molecule has 2 aromatic heterocycles. The first-order valence-electron chi connectivity index (χ1n) is 11.9. The molecular weight excluding hydrogens is 404 g/mol. The second kappa shape index (κ2) is 9.45. The molecule has 32 heavy (non-hydrogen) atoms. The van der Waals surface area contributed by atoms with Crippen molar-refractivity contribution in [3.63, 3.8) is 0 Å². The number of hydrogen-bond acceptors (Lipinski definition) is 7. The maximum absolute atomic E-state index is 6.30. The Labute approximate surface area is 188 Å². The van der Waals surface area contributed by atoms with E-state index in [1.807, 2.05) is 31.3 Å². The normalized spacial score (nSPS) is 22.2. The molecule has 170 valence electrons. The van der Waals surface area contributed by atoms with Crippen LogP contribution < -0.4 is 10.1 Å². The Kier molecular flexibility index (Phi) is 6.26. The summed E-state index contributed by atoms with van der Waals surface area (Å²) in [6.45, 7) is 6.44. The molecule has 2 aliphatic rings. The Morgan fingerprint density at radius 1 is 1.06 bits per heavy atom. The third-order valence-corrected chi connectivity index (χ3v) is 6.70. The molecule has 0 atom stereocenters. The van der Waals surface area contributed by atoms with Crippen molar-refractivity contribution in [2.75, 3.05) is 25.1 Å². The standard InChI is InChI=1S/C25H32N4O3/c1-16-3-6-20(7-4-16)28-25-26-14-21(19-5-8-23-22(13-19)27-17(2)32-23)24(29-25)31-15-18-9-11-30-12-10-18/h5,8,13-14,16,18,20H,3-4,6-7,9-12,15H2,1-2H3,(H,26,28,29). The zero-order valence-corrected chi connectivity index (χ0v) is 19.0. The predicted molar refractivity (Wildman–Crippen MR) is 124 cm³/mol. The number of aromatic nitrogens is 3. The Bertz CT molecular complexity index is 1050. The molecule has 7 heteroatoms. The zero-order chi connectivity index (χ0) is 21.9. The molecule has 3 heterocycles. The second-order valence-electron chi connectivity index (χ2n) is 9.30. The fraction of sp³-hybridized carbons (Fsp3) is 0.560. The van der Waals surface area contributed by atoms with Gasteiger partial charge in [-0.3, -0.25) is 0 Å². The first-order valence-corrected chi connectivity index (χ1v) is 11.9. The highest BCUT2D eigenvalue weighted by Crippen LogP contribution is 2.33. The van der Waals surface area contributed by atoms with E-state index in [9.17, 15) is 0 Å². The summed E-state index contributed by atoms with van der Waals surface area (Å²) in [6, 6.07) is 6.40. The summed E-state index contributed by atoms with van der Waals surface area (Å²) in [5, 5.41) is 3.54. The third kappa shape index (κ3) is 4.88. The van der Waals surface area contributed by atoms with E-state index in [4.69, 9.17) is 18.9 Å². The summed E-state index contributed by atoms with van der Waals surface area (Å²) in [7, 11) is 0. The Morgan fingerprint density at radius 3 is 2.69 bits per heavy atom. The number of fused-ring (bicyclic) bond motifs is 1. The van der Waals surface area contributed by atoms with E-state index in [1.54, 1.807) is 0 Å². The number of hydrogen-bond donors (Lipinski definition) is 1. The first kappa shape index (κ1) is 21.2. The Balaban J connectivity index is 1.40. The predicted octanol–water partition coefficient (Wildman–Crippen LogP) is 5.39. The van der Waals surface area contributed by atoms with Crippen LogP contribution in [0, 0.1) is 18.8 Å². The quantitative estimate of drug-likeness (QED) is 0.555. The van der Waals surface area contributed by atoms with Crippen molar-refractivity contribution in [2.45, 2.75) is 58.4 Å². The van der Waals surface area contributed by atoms with Crippen molar-refractivity contribution in [3.8, 4) is 17.0 Å². The summed E-state index contributed by atoms with van der Waals surface area (Å²) in [5.74, 6) is 3.23. The van der Waals surface area contributed by atoms with E-state index in [0.29, 0.717) is 36.3 Å². The molecule has 0 radical (unpaired) electrons. The minimum absolute atomic E-state index is 0.426. The first-order chi connectivity index (χ1) is 15.6. The molecule has 0 bridgehead atoms. The molecule has 0 unspecified atom stereocenters. The number of ether oxygens (including phenoxy) is 2. The summed E-state index contributed by atoms with van der Waals surface area (Å²) in [4.78, 5) is 13.9. The monoisotopic (exact) mass is 436 g/mol. The topological polar surface area (TPSA) is 82.3 Å². The highest BCUT2D eigenvalue weighted by Gasteiger charge is 2.21. The summed E-state index contributed by atoms with van der Waals surface area (Å²) in [6.07, 6.45) is 8.74. The van der Waals surface area contributed by atoms with Gasteiger partial charge in [0.2, 0.25) is 11.8 Å². The van der Waals surface area contributed by atoms with Crippen LogP contribution in [0.4, 0.5) is 5.95 Å². The van der Waals surface area contributed by atoms with Gasteiger partial charge in [0.25, 0.3) is 0 Å². The molecule has 7 nitrogen and oxygen atoms in total. The Hall–Kier alpha value is -2.67. The summed E-state index contributed by atoms with van der Waals surface area (Å²) in [5.41, 5.74) is 3.46. The lowest BCUT2D eigenvalue weighted by Crippen LogP contribution is -2.26. The van der Waals surface area contributed by atoms with Crippen LogP contribution in [-0.4, -0.2) is 40.8 Å². The van der Waals surface area contributed by atoms with Crippen LogP contribution in [-0.2, 0) is 4.74 Å². The number of nitrogens with zero attached hydrogens (tertiary/aromatic N) is 3. The lowest BCUT2D eigenvalue weighted by atomic mass is 9.87. The second-order valence-corrected chi connectivity index (χ2v) is 9.30. The largest absolute Gasteiger partial charge is 0.477 e. The molecule has 1 saturated carbocycles. The average Bonchev–Trinajstić information content (AvgIpc) is 3.19. The number of oxazole rings is 1. The Morgan fingerprint density at radius 2 is 1.88 bits per heavy atom. The van der Waals surface area contributed by atoms with E-state index < -0.39 is 0 Å². The van der Waals surface area contributed by atoms with E-state index in [2.05, 4.69) is 22.2 Å². The van der Waals surface area contributed by atoms with Gasteiger partial charge in [-0.05, 0) is 68.1 Å². The van der Waals surface area contributed by atoms with Gasteiger partial charge in [0, 0.05) is 32.4 Å². The van der Waals surface area contributed by atoms with Gasteiger partial charge in [-0.1, -0.05) is 13.0 Å². The van der Waals surface area contributed by atoms with Crippen molar-refractivity contribution < 1.29 is 13.9 Å². The SMILES string of the molecule is Cc1nc2cc(-c3cnc(NC4CCC(C)CC4)nc3OCC3CCOCC3)ccc2o1. The van der Waals surface area contributed by atoms with Crippen LogP contribution in [0.1, 0.15) is 51.3 Å². The van der Waals surface area contributed by atoms with Crippen LogP contribution in [0.5, 0.6) is 5.88 Å². The van der Waals surface area contributed by atoms with Gasteiger partial charge in [-0.2, -0.15) is 4.98 Å². The molecule has 0 spiro atoms. The molecular formula is C25H32N4O3. The van der Waals surface area contributed by atoms with Crippen molar-refractivity contribution in [2.24, 2.45) is 11.8 Å². The maximum atomic E-state index is 6.30. The molecule has 1 aliphatic carbocycles. The number of anilines is 1. The highest BCUT2D eigenvalue weighted by atomic mass is 16.5. The van der Waals surface area contributed by atoms with Crippen LogP contribution in [0.25, 0.3) is 22.2 Å². The fourth-order valence-corrected chi connectivity index (χ4v) is 4.65. The molecule has 0 amide bonds. The van der Waals surface area contributed by atoms with Crippen LogP contribution >= 0.6 is 0 Å². The summed E-state index contributed by atoms with van der Waals surface area (Å²) < 4.78 is 17.4. The fourth-order valence-electron chi connectivity index (χ4n) is 4.65. The number of nitrogens with one attached hydrogen (secondary N) is 1. The van der Waals surface area contributed by atoms with Gasteiger partial charge in [0.05, 0.1) is 12.2 Å². The van der Waals surface area contributed by atoms with Gasteiger partial charge >= 0.3 is 0 Å². The molecule has 3 aromatic rings. The van der Waals surface area contributed by atoms with Crippen LogP contribution in [0.15, 0.2) is 28.8 Å². The maximum Gasteiger partial charge on any atom is 0.226 e. The number of aryl methyl sites for hydroxylation is 1. The minimum Gasteiger partial charge on any atom is -0.477 e. The van der Waals surface area contributed by atoms with Crippen molar-refractivity contribution in [1.29, 1.82) is 0 Å². The zero-order valence-electron chi connectivity index (χ0n) is 19.0. The molecule has 1 N–H and O–H groups in total.